The molecule has 2 rings (SSSR count). The molecule has 1 unspecified atom stereocenters. The summed E-state index contributed by atoms with van der Waals surface area (Å²) < 4.78 is 0. The Hall–Kier alpha value is -1.80. The number of aryl methyl sites for hydroxylation is 1. The Morgan fingerprint density at radius 2 is 1.71 bits per heavy atom. The second-order valence-electron chi connectivity index (χ2n) is 4.27. The summed E-state index contributed by atoms with van der Waals surface area (Å²) in [7, 11) is 0. The molecule has 0 radical (unpaired) electrons. The number of hydrogen-bond donors (Lipinski definition) is 2. The van der Waals surface area contributed by atoms with Crippen LogP contribution in [0.2, 0.25) is 0 Å². The van der Waals surface area contributed by atoms with Crippen LogP contribution in [0.4, 0.5) is 5.69 Å². The molecule has 2 aromatic rings. The van der Waals surface area contributed by atoms with Gasteiger partial charge in [0.15, 0.2) is 0 Å². The quantitative estimate of drug-likeness (QED) is 0.787. The summed E-state index contributed by atoms with van der Waals surface area (Å²) in [5.41, 5.74) is 4.59. The predicted octanol–water partition coefficient (Wildman–Crippen LogP) is 3.41. The normalized spacial score (nSPS) is 12.2. The minimum atomic E-state index is -0.528. The summed E-state index contributed by atoms with van der Waals surface area (Å²) in [5, 5.41) is 12.2. The lowest BCUT2D eigenvalue weighted by Crippen LogP contribution is -2.12. The summed E-state index contributed by atoms with van der Waals surface area (Å²) in [4.78, 5) is 0. The third-order valence-corrected chi connectivity index (χ3v) is 2.61. The number of anilines is 1. The topological polar surface area (TPSA) is 32.3 Å². The van der Waals surface area contributed by atoms with Gasteiger partial charge in [0.1, 0.15) is 6.23 Å². The van der Waals surface area contributed by atoms with Crippen molar-refractivity contribution in [3.05, 3.63) is 54.1 Å². The minimum absolute atomic E-state index is 0.528. The van der Waals surface area contributed by atoms with E-state index in [1.807, 2.05) is 12.1 Å². The van der Waals surface area contributed by atoms with Crippen molar-refractivity contribution < 1.29 is 5.11 Å². The van der Waals surface area contributed by atoms with Crippen molar-refractivity contribution >= 4 is 5.69 Å². The molecule has 0 bridgehead atoms. The van der Waals surface area contributed by atoms with E-state index in [-0.39, 0.29) is 0 Å². The molecule has 0 saturated heterocycles. The third-order valence-electron chi connectivity index (χ3n) is 2.61. The van der Waals surface area contributed by atoms with Crippen molar-refractivity contribution in [3.63, 3.8) is 0 Å². The first-order valence-electron chi connectivity index (χ1n) is 5.77. The molecule has 0 saturated carbocycles. The summed E-state index contributed by atoms with van der Waals surface area (Å²) in [6.45, 7) is 3.79. The molecule has 0 amide bonds. The fraction of sp³-hybridized carbons (Fsp3) is 0.200. The van der Waals surface area contributed by atoms with Gasteiger partial charge in [0.25, 0.3) is 0 Å². The van der Waals surface area contributed by atoms with Crippen molar-refractivity contribution in [2.75, 3.05) is 5.32 Å². The lowest BCUT2D eigenvalue weighted by molar-refractivity contribution is 0.224. The van der Waals surface area contributed by atoms with Crippen LogP contribution in [0.3, 0.4) is 0 Å². The van der Waals surface area contributed by atoms with Crippen LogP contribution in [-0.2, 0) is 0 Å². The highest BCUT2D eigenvalue weighted by Gasteiger charge is 1.99. The summed E-state index contributed by atoms with van der Waals surface area (Å²) in [6.07, 6.45) is -0.528. The molecule has 2 heteroatoms. The molecule has 0 aliphatic rings. The van der Waals surface area contributed by atoms with E-state index in [1.54, 1.807) is 6.92 Å². The van der Waals surface area contributed by atoms with Crippen LogP contribution in [0.15, 0.2) is 48.5 Å². The highest BCUT2D eigenvalue weighted by molar-refractivity contribution is 5.66. The molecule has 0 spiro atoms. The van der Waals surface area contributed by atoms with Crippen molar-refractivity contribution in [3.8, 4) is 11.1 Å². The Balaban J connectivity index is 2.23. The van der Waals surface area contributed by atoms with Gasteiger partial charge in [0.2, 0.25) is 0 Å². The SMILES string of the molecule is Cc1cccc(-c2ccc(NC(C)O)cc2)c1. The number of benzene rings is 2. The van der Waals surface area contributed by atoms with Crippen molar-refractivity contribution in [1.29, 1.82) is 0 Å². The van der Waals surface area contributed by atoms with E-state index in [4.69, 9.17) is 0 Å². The van der Waals surface area contributed by atoms with Crippen molar-refractivity contribution in [2.45, 2.75) is 20.1 Å². The molecule has 0 fully saturated rings. The Morgan fingerprint density at radius 3 is 2.29 bits per heavy atom. The van der Waals surface area contributed by atoms with Crippen LogP contribution < -0.4 is 5.32 Å². The van der Waals surface area contributed by atoms with E-state index >= 15 is 0 Å². The molecule has 0 aliphatic carbocycles. The number of rotatable bonds is 3. The molecule has 0 aliphatic heterocycles. The zero-order valence-electron chi connectivity index (χ0n) is 10.1. The second-order valence-corrected chi connectivity index (χ2v) is 4.27. The molecule has 2 N–H and O–H groups in total. The first-order chi connectivity index (χ1) is 8.15. The van der Waals surface area contributed by atoms with Gasteiger partial charge in [0.05, 0.1) is 0 Å². The number of aliphatic hydroxyl groups excluding tert-OH is 1. The maximum Gasteiger partial charge on any atom is 0.121 e. The summed E-state index contributed by atoms with van der Waals surface area (Å²) in [5.74, 6) is 0. The van der Waals surface area contributed by atoms with E-state index in [0.717, 1.165) is 5.69 Å². The highest BCUT2D eigenvalue weighted by Crippen LogP contribution is 2.22. The van der Waals surface area contributed by atoms with E-state index < -0.39 is 6.23 Å². The van der Waals surface area contributed by atoms with Gasteiger partial charge >= 0.3 is 0 Å². The molecule has 1 atom stereocenters. The van der Waals surface area contributed by atoms with Crippen LogP contribution in [-0.4, -0.2) is 11.3 Å². The van der Waals surface area contributed by atoms with Gasteiger partial charge in [-0.15, -0.1) is 0 Å². The summed E-state index contributed by atoms with van der Waals surface area (Å²) >= 11 is 0. The van der Waals surface area contributed by atoms with E-state index in [9.17, 15) is 5.11 Å². The third kappa shape index (κ3) is 3.08. The van der Waals surface area contributed by atoms with Gasteiger partial charge < -0.3 is 10.4 Å². The maximum absolute atomic E-state index is 9.22. The molecule has 2 nitrogen and oxygen atoms in total. The number of hydrogen-bond acceptors (Lipinski definition) is 2. The van der Waals surface area contributed by atoms with Crippen molar-refractivity contribution in [1.82, 2.24) is 0 Å². The van der Waals surface area contributed by atoms with Crippen LogP contribution in [0.25, 0.3) is 11.1 Å². The molecule has 0 heterocycles. The fourth-order valence-electron chi connectivity index (χ4n) is 1.82. The smallest absolute Gasteiger partial charge is 0.121 e. The largest absolute Gasteiger partial charge is 0.374 e. The summed E-state index contributed by atoms with van der Waals surface area (Å²) in [6, 6.07) is 16.5. The van der Waals surface area contributed by atoms with Crippen LogP contribution >= 0.6 is 0 Å². The van der Waals surface area contributed by atoms with Gasteiger partial charge in [-0.1, -0.05) is 42.0 Å². The Bertz CT molecular complexity index is 489. The molecular weight excluding hydrogens is 210 g/mol. The fourth-order valence-corrected chi connectivity index (χ4v) is 1.82. The number of nitrogens with one attached hydrogen (secondary N) is 1. The van der Waals surface area contributed by atoms with Crippen molar-refractivity contribution in [2.24, 2.45) is 0 Å². The zero-order chi connectivity index (χ0) is 12.3. The standard InChI is InChI=1S/C15H17NO/c1-11-4-3-5-14(10-11)13-6-8-15(9-7-13)16-12(2)17/h3-10,12,16-17H,1-2H3. The van der Waals surface area contributed by atoms with Crippen LogP contribution in [0.5, 0.6) is 0 Å². The highest BCUT2D eigenvalue weighted by atomic mass is 16.3. The van der Waals surface area contributed by atoms with Gasteiger partial charge in [-0.2, -0.15) is 0 Å². The molecule has 2 aromatic carbocycles. The van der Waals surface area contributed by atoms with Gasteiger partial charge in [-0.25, -0.2) is 0 Å². The monoisotopic (exact) mass is 227 g/mol. The first kappa shape index (κ1) is 11.7. The predicted molar refractivity (Wildman–Crippen MR) is 71.9 cm³/mol. The van der Waals surface area contributed by atoms with E-state index in [2.05, 4.69) is 48.6 Å². The molecule has 88 valence electrons. The van der Waals surface area contributed by atoms with E-state index in [1.165, 1.54) is 16.7 Å². The Kier molecular flexibility index (Phi) is 3.45. The van der Waals surface area contributed by atoms with Gasteiger partial charge in [-0.3, -0.25) is 0 Å². The van der Waals surface area contributed by atoms with Crippen LogP contribution in [0, 0.1) is 6.92 Å². The lowest BCUT2D eigenvalue weighted by Gasteiger charge is -2.10. The van der Waals surface area contributed by atoms with E-state index in [0.29, 0.717) is 0 Å². The maximum atomic E-state index is 9.22. The zero-order valence-corrected chi connectivity index (χ0v) is 10.1. The second kappa shape index (κ2) is 5.02. The lowest BCUT2D eigenvalue weighted by atomic mass is 10.0. The average Bonchev–Trinajstić information content (AvgIpc) is 2.29. The average molecular weight is 227 g/mol. The van der Waals surface area contributed by atoms with Gasteiger partial charge in [0, 0.05) is 5.69 Å². The molecule has 0 aromatic heterocycles. The first-order valence-corrected chi connectivity index (χ1v) is 5.77. The Labute approximate surface area is 102 Å². The number of aliphatic hydroxyl groups is 1. The van der Waals surface area contributed by atoms with Gasteiger partial charge in [-0.05, 0) is 37.1 Å². The Morgan fingerprint density at radius 1 is 1.00 bits per heavy atom. The molecular formula is C15H17NO. The molecule has 17 heavy (non-hydrogen) atoms. The minimum Gasteiger partial charge on any atom is -0.374 e. The van der Waals surface area contributed by atoms with Crippen LogP contribution in [0.1, 0.15) is 12.5 Å².